The first-order valence-electron chi connectivity index (χ1n) is 7.80. The predicted molar refractivity (Wildman–Crippen MR) is 82.9 cm³/mol. The topological polar surface area (TPSA) is 116 Å². The van der Waals surface area contributed by atoms with Crippen LogP contribution in [0.2, 0.25) is 0 Å². The second kappa shape index (κ2) is 9.64. The third kappa shape index (κ3) is 6.73. The van der Waals surface area contributed by atoms with E-state index in [0.29, 0.717) is 0 Å². The first-order valence-corrected chi connectivity index (χ1v) is 9.24. The van der Waals surface area contributed by atoms with Gasteiger partial charge >= 0.3 is 45.2 Å². The SMILES string of the molecule is C=C(F)C(=O)OC(OCCC(F)(F)C(F)(F)S(=O)(=O)O)(C(=O)OCC(C)C)C(F)(F)F. The minimum Gasteiger partial charge on any atom is -0.460 e. The molecule has 0 saturated carbocycles. The van der Waals surface area contributed by atoms with E-state index in [0.717, 1.165) is 0 Å². The van der Waals surface area contributed by atoms with Gasteiger partial charge in [0.25, 0.3) is 0 Å². The Morgan fingerprint density at radius 1 is 1.06 bits per heavy atom. The smallest absolute Gasteiger partial charge is 0.460 e. The van der Waals surface area contributed by atoms with Crippen LogP contribution in [0.4, 0.5) is 35.1 Å². The number of halogens is 8. The van der Waals surface area contributed by atoms with Gasteiger partial charge in [0.15, 0.2) is 0 Å². The van der Waals surface area contributed by atoms with Crippen LogP contribution in [-0.4, -0.2) is 61.3 Å². The second-order valence-corrected chi connectivity index (χ2v) is 7.66. The Hall–Kier alpha value is -2.01. The van der Waals surface area contributed by atoms with Crippen molar-refractivity contribution in [3.8, 4) is 0 Å². The number of ether oxygens (including phenoxy) is 3. The normalized spacial score (nSPS) is 15.4. The third-order valence-electron chi connectivity index (χ3n) is 3.12. The maximum Gasteiger partial charge on any atom is 0.468 e. The Morgan fingerprint density at radius 2 is 1.55 bits per heavy atom. The fourth-order valence-corrected chi connectivity index (χ4v) is 2.05. The first-order chi connectivity index (χ1) is 13.6. The van der Waals surface area contributed by atoms with E-state index >= 15 is 0 Å². The molecule has 0 saturated heterocycles. The van der Waals surface area contributed by atoms with E-state index in [2.05, 4.69) is 20.8 Å². The van der Waals surface area contributed by atoms with Crippen molar-refractivity contribution in [1.29, 1.82) is 0 Å². The summed E-state index contributed by atoms with van der Waals surface area (Å²) in [4.78, 5) is 23.2. The predicted octanol–water partition coefficient (Wildman–Crippen LogP) is 2.99. The first kappa shape index (κ1) is 29.0. The molecule has 0 heterocycles. The average Bonchev–Trinajstić information content (AvgIpc) is 2.55. The van der Waals surface area contributed by atoms with Crippen molar-refractivity contribution in [2.75, 3.05) is 13.2 Å². The zero-order chi connectivity index (χ0) is 25.1. The maximum atomic E-state index is 13.5. The number of carbonyl (C=O) groups excluding carboxylic acids is 2. The van der Waals surface area contributed by atoms with E-state index in [1.807, 2.05) is 0 Å². The molecule has 0 radical (unpaired) electrons. The zero-order valence-electron chi connectivity index (χ0n) is 15.6. The Labute approximate surface area is 169 Å². The fraction of sp³-hybridized carbons (Fsp3) is 0.714. The number of hydrogen-bond acceptors (Lipinski definition) is 7. The molecule has 0 amide bonds. The van der Waals surface area contributed by atoms with Crippen molar-refractivity contribution in [3.05, 3.63) is 12.4 Å². The number of hydrogen-bond donors (Lipinski definition) is 1. The standard InChI is InChI=1S/C14H16F8O8S/c1-7(2)6-28-10(24)12(13(18,19)20,30-9(23)8(3)15)29-5-4-11(16,17)14(21,22)31(25,26)27/h7H,3-6H2,1-2H3,(H,25,26,27). The van der Waals surface area contributed by atoms with Gasteiger partial charge in [0.05, 0.1) is 13.2 Å². The van der Waals surface area contributed by atoms with Crippen LogP contribution < -0.4 is 0 Å². The lowest BCUT2D eigenvalue weighted by Crippen LogP contribution is -2.59. The minimum absolute atomic E-state index is 0.612. The summed E-state index contributed by atoms with van der Waals surface area (Å²) >= 11 is 0. The maximum absolute atomic E-state index is 13.5. The van der Waals surface area contributed by atoms with Gasteiger partial charge in [0.1, 0.15) is 0 Å². The highest BCUT2D eigenvalue weighted by atomic mass is 32.2. The van der Waals surface area contributed by atoms with Crippen molar-refractivity contribution < 1.29 is 71.9 Å². The van der Waals surface area contributed by atoms with E-state index in [4.69, 9.17) is 4.55 Å². The summed E-state index contributed by atoms with van der Waals surface area (Å²) in [5.74, 6) is -18.5. The molecule has 31 heavy (non-hydrogen) atoms. The molecule has 0 aliphatic heterocycles. The summed E-state index contributed by atoms with van der Waals surface area (Å²) in [6, 6.07) is 0. The fourth-order valence-electron chi connectivity index (χ4n) is 1.57. The lowest BCUT2D eigenvalue weighted by Gasteiger charge is -2.33. The van der Waals surface area contributed by atoms with Gasteiger partial charge in [-0.25, -0.2) is 9.59 Å². The molecule has 0 aromatic heterocycles. The molecule has 1 atom stereocenters. The van der Waals surface area contributed by atoms with Gasteiger partial charge in [-0.3, -0.25) is 4.55 Å². The van der Waals surface area contributed by atoms with Crippen LogP contribution in [0.15, 0.2) is 12.4 Å². The molecule has 1 N–H and O–H groups in total. The van der Waals surface area contributed by atoms with Gasteiger partial charge in [-0.2, -0.15) is 43.5 Å². The van der Waals surface area contributed by atoms with Gasteiger partial charge in [-0.05, 0) is 5.92 Å². The molecule has 0 aliphatic rings. The Balaban J connectivity index is 6.02. The molecule has 0 spiro atoms. The van der Waals surface area contributed by atoms with Gasteiger partial charge in [0, 0.05) is 6.42 Å². The van der Waals surface area contributed by atoms with E-state index in [1.165, 1.54) is 13.8 Å². The number of rotatable bonds is 11. The monoisotopic (exact) mass is 496 g/mol. The van der Waals surface area contributed by atoms with Crippen LogP contribution in [-0.2, 0) is 33.9 Å². The summed E-state index contributed by atoms with van der Waals surface area (Å²) in [6.45, 7) is 2.03. The summed E-state index contributed by atoms with van der Waals surface area (Å²) in [5, 5.41) is -6.16. The molecule has 0 rings (SSSR count). The quantitative estimate of drug-likeness (QED) is 0.153. The summed E-state index contributed by atoms with van der Waals surface area (Å²) in [6.07, 6.45) is -8.66. The highest BCUT2D eigenvalue weighted by Gasteiger charge is 2.69. The molecule has 1 unspecified atom stereocenters. The summed E-state index contributed by atoms with van der Waals surface area (Å²) < 4.78 is 147. The zero-order valence-corrected chi connectivity index (χ0v) is 16.5. The van der Waals surface area contributed by atoms with Crippen LogP contribution in [0.3, 0.4) is 0 Å². The average molecular weight is 496 g/mol. The second-order valence-electron chi connectivity index (χ2n) is 6.20. The van der Waals surface area contributed by atoms with Crippen molar-refractivity contribution >= 4 is 22.1 Å². The molecular formula is C14H16F8O8S. The van der Waals surface area contributed by atoms with Crippen molar-refractivity contribution in [1.82, 2.24) is 0 Å². The van der Waals surface area contributed by atoms with Crippen LogP contribution in [0.5, 0.6) is 0 Å². The van der Waals surface area contributed by atoms with Crippen LogP contribution in [0.25, 0.3) is 0 Å². The Morgan fingerprint density at radius 3 is 1.90 bits per heavy atom. The van der Waals surface area contributed by atoms with E-state index < -0.39 is 76.6 Å². The lowest BCUT2D eigenvalue weighted by atomic mass is 10.2. The molecular weight excluding hydrogens is 480 g/mol. The lowest BCUT2D eigenvalue weighted by molar-refractivity contribution is -0.357. The highest BCUT2D eigenvalue weighted by Crippen LogP contribution is 2.42. The molecule has 17 heteroatoms. The number of carbonyl (C=O) groups is 2. The van der Waals surface area contributed by atoms with Crippen LogP contribution >= 0.6 is 0 Å². The van der Waals surface area contributed by atoms with Gasteiger partial charge in [0.2, 0.25) is 5.83 Å². The van der Waals surface area contributed by atoms with E-state index in [1.54, 1.807) is 0 Å². The summed E-state index contributed by atoms with van der Waals surface area (Å²) in [5.41, 5.74) is 0. The van der Waals surface area contributed by atoms with Gasteiger partial charge < -0.3 is 14.2 Å². The summed E-state index contributed by atoms with van der Waals surface area (Å²) in [7, 11) is -6.72. The minimum atomic E-state index is -6.72. The van der Waals surface area contributed by atoms with Crippen molar-refractivity contribution in [2.45, 2.75) is 43.4 Å². The Kier molecular flexibility index (Phi) is 9.02. The molecule has 0 bridgehead atoms. The molecule has 0 aliphatic carbocycles. The van der Waals surface area contributed by atoms with Crippen LogP contribution in [0.1, 0.15) is 20.3 Å². The van der Waals surface area contributed by atoms with E-state index in [-0.39, 0.29) is 0 Å². The van der Waals surface area contributed by atoms with Crippen molar-refractivity contribution in [2.24, 2.45) is 5.92 Å². The molecule has 0 aromatic carbocycles. The molecule has 0 fully saturated rings. The van der Waals surface area contributed by atoms with Gasteiger partial charge in [-0.15, -0.1) is 0 Å². The molecule has 8 nitrogen and oxygen atoms in total. The van der Waals surface area contributed by atoms with Gasteiger partial charge in [-0.1, -0.05) is 20.4 Å². The molecule has 0 aromatic rings. The largest absolute Gasteiger partial charge is 0.468 e. The number of alkyl halides is 7. The van der Waals surface area contributed by atoms with Crippen molar-refractivity contribution in [3.63, 3.8) is 0 Å². The van der Waals surface area contributed by atoms with Crippen LogP contribution in [0, 0.1) is 5.92 Å². The van der Waals surface area contributed by atoms with E-state index in [9.17, 15) is 53.1 Å². The molecule has 182 valence electrons. The Bertz CT molecular complexity index is 793. The number of esters is 2. The third-order valence-corrected chi connectivity index (χ3v) is 4.07. The highest BCUT2D eigenvalue weighted by molar-refractivity contribution is 7.87.